The lowest BCUT2D eigenvalue weighted by Crippen LogP contribution is -2.19. The third-order valence-corrected chi connectivity index (χ3v) is 4.26. The molecule has 1 fully saturated rings. The van der Waals surface area contributed by atoms with Gasteiger partial charge in [0.05, 0.1) is 6.10 Å². The van der Waals surface area contributed by atoms with Crippen LogP contribution in [0.4, 0.5) is 22.0 Å². The predicted molar refractivity (Wildman–Crippen MR) is 78.8 cm³/mol. The first-order chi connectivity index (χ1) is 11.4. The second-order valence-corrected chi connectivity index (χ2v) is 6.09. The Balaban J connectivity index is 1.99. The first-order valence-electron chi connectivity index (χ1n) is 7.63. The summed E-state index contributed by atoms with van der Waals surface area (Å²) in [6, 6.07) is 3.83. The van der Waals surface area contributed by atoms with E-state index in [1.54, 1.807) is 0 Å². The summed E-state index contributed by atoms with van der Waals surface area (Å²) in [5.41, 5.74) is -0.531. The molecule has 0 saturated carbocycles. The highest BCUT2D eigenvalue weighted by atomic mass is 19.2. The standard InChI is InChI=1S/C18H15F5O/c1-9-2-5-15(24-8-9)12-4-3-11(16(21)17(12)22)10-6-13(19)18(23)14(20)7-10/h3-4,6-7,9,15H,2,5,8H2,1H3. The van der Waals surface area contributed by atoms with Crippen LogP contribution >= 0.6 is 0 Å². The van der Waals surface area contributed by atoms with E-state index in [1.165, 1.54) is 12.1 Å². The lowest BCUT2D eigenvalue weighted by molar-refractivity contribution is -0.0144. The first-order valence-corrected chi connectivity index (χ1v) is 7.63. The van der Waals surface area contributed by atoms with E-state index in [0.717, 1.165) is 6.42 Å². The van der Waals surface area contributed by atoms with E-state index in [2.05, 4.69) is 0 Å². The zero-order valence-corrected chi connectivity index (χ0v) is 12.9. The second-order valence-electron chi connectivity index (χ2n) is 6.09. The number of hydrogen-bond donors (Lipinski definition) is 0. The summed E-state index contributed by atoms with van der Waals surface area (Å²) < 4.78 is 73.9. The molecule has 1 nitrogen and oxygen atoms in total. The maximum atomic E-state index is 14.4. The van der Waals surface area contributed by atoms with Gasteiger partial charge in [-0.1, -0.05) is 19.1 Å². The van der Waals surface area contributed by atoms with Crippen LogP contribution in [0, 0.1) is 35.0 Å². The van der Waals surface area contributed by atoms with Crippen LogP contribution in [-0.4, -0.2) is 6.61 Å². The van der Waals surface area contributed by atoms with Crippen LogP contribution in [0.15, 0.2) is 24.3 Å². The number of halogens is 5. The third kappa shape index (κ3) is 3.02. The van der Waals surface area contributed by atoms with E-state index >= 15 is 0 Å². The zero-order chi connectivity index (χ0) is 17.4. The number of ether oxygens (including phenoxy) is 1. The van der Waals surface area contributed by atoms with Crippen LogP contribution < -0.4 is 0 Å². The van der Waals surface area contributed by atoms with Crippen molar-refractivity contribution < 1.29 is 26.7 Å². The number of rotatable bonds is 2. The van der Waals surface area contributed by atoms with Crippen molar-refractivity contribution in [2.24, 2.45) is 5.92 Å². The minimum atomic E-state index is -1.65. The lowest BCUT2D eigenvalue weighted by Gasteiger charge is -2.27. The van der Waals surface area contributed by atoms with Crippen LogP contribution in [0.2, 0.25) is 0 Å². The Morgan fingerprint density at radius 2 is 1.54 bits per heavy atom. The Bertz CT molecular complexity index is 743. The van der Waals surface area contributed by atoms with Crippen LogP contribution in [0.1, 0.15) is 31.4 Å². The van der Waals surface area contributed by atoms with Gasteiger partial charge in [0, 0.05) is 17.7 Å². The maximum Gasteiger partial charge on any atom is 0.194 e. The maximum absolute atomic E-state index is 14.4. The number of hydrogen-bond acceptors (Lipinski definition) is 1. The van der Waals surface area contributed by atoms with Crippen LogP contribution in [0.25, 0.3) is 11.1 Å². The van der Waals surface area contributed by atoms with Gasteiger partial charge >= 0.3 is 0 Å². The van der Waals surface area contributed by atoms with E-state index in [1.807, 2.05) is 6.92 Å². The van der Waals surface area contributed by atoms with Crippen molar-refractivity contribution in [2.45, 2.75) is 25.9 Å². The molecule has 0 amide bonds. The normalized spacial score (nSPS) is 21.1. The molecule has 0 aromatic heterocycles. The molecule has 1 aliphatic rings. The molecule has 0 N–H and O–H groups in total. The SMILES string of the molecule is CC1CCC(c2ccc(-c3cc(F)c(F)c(F)c3)c(F)c2F)OC1. The van der Waals surface area contributed by atoms with Crippen molar-refractivity contribution >= 4 is 0 Å². The van der Waals surface area contributed by atoms with Gasteiger partial charge in [0.2, 0.25) is 0 Å². The molecular weight excluding hydrogens is 327 g/mol. The quantitative estimate of drug-likeness (QED) is 0.514. The van der Waals surface area contributed by atoms with E-state index < -0.39 is 35.2 Å². The molecule has 6 heteroatoms. The molecule has 128 valence electrons. The topological polar surface area (TPSA) is 9.23 Å². The molecule has 0 radical (unpaired) electrons. The highest BCUT2D eigenvalue weighted by molar-refractivity contribution is 5.65. The van der Waals surface area contributed by atoms with Gasteiger partial charge in [0.1, 0.15) is 0 Å². The van der Waals surface area contributed by atoms with Crippen LogP contribution in [0.5, 0.6) is 0 Å². The van der Waals surface area contributed by atoms with Crippen molar-refractivity contribution in [3.8, 4) is 11.1 Å². The Labute approximate surface area is 136 Å². The molecule has 2 atom stereocenters. The molecule has 0 bridgehead atoms. The zero-order valence-electron chi connectivity index (χ0n) is 12.9. The van der Waals surface area contributed by atoms with E-state index in [0.29, 0.717) is 31.1 Å². The second kappa shape index (κ2) is 6.51. The summed E-state index contributed by atoms with van der Waals surface area (Å²) in [6.45, 7) is 2.47. The van der Waals surface area contributed by atoms with Crippen molar-refractivity contribution in [3.05, 3.63) is 58.9 Å². The van der Waals surface area contributed by atoms with Crippen LogP contribution in [-0.2, 0) is 4.74 Å². The van der Waals surface area contributed by atoms with Gasteiger partial charge in [-0.05, 0) is 36.5 Å². The third-order valence-electron chi connectivity index (χ3n) is 4.26. The largest absolute Gasteiger partial charge is 0.373 e. The molecule has 0 aliphatic carbocycles. The molecule has 1 heterocycles. The minimum Gasteiger partial charge on any atom is -0.373 e. The monoisotopic (exact) mass is 342 g/mol. The summed E-state index contributed by atoms with van der Waals surface area (Å²) in [6.07, 6.45) is 0.852. The molecule has 0 spiro atoms. The van der Waals surface area contributed by atoms with Gasteiger partial charge in [-0.2, -0.15) is 0 Å². The van der Waals surface area contributed by atoms with Crippen molar-refractivity contribution in [1.82, 2.24) is 0 Å². The van der Waals surface area contributed by atoms with Gasteiger partial charge in [0.15, 0.2) is 29.1 Å². The average molecular weight is 342 g/mol. The van der Waals surface area contributed by atoms with Crippen molar-refractivity contribution in [3.63, 3.8) is 0 Å². The number of benzene rings is 2. The highest BCUT2D eigenvalue weighted by Crippen LogP contribution is 2.35. The Hall–Kier alpha value is -1.95. The molecule has 2 unspecified atom stereocenters. The van der Waals surface area contributed by atoms with Gasteiger partial charge < -0.3 is 4.74 Å². The summed E-state index contributed by atoms with van der Waals surface area (Å²) in [5, 5.41) is 0. The molecule has 1 saturated heterocycles. The highest BCUT2D eigenvalue weighted by Gasteiger charge is 2.26. The Kier molecular flexibility index (Phi) is 4.58. The summed E-state index contributed by atoms with van der Waals surface area (Å²) in [7, 11) is 0. The van der Waals surface area contributed by atoms with Gasteiger partial charge in [-0.15, -0.1) is 0 Å². The fourth-order valence-corrected chi connectivity index (χ4v) is 2.88. The Morgan fingerprint density at radius 1 is 0.875 bits per heavy atom. The molecule has 24 heavy (non-hydrogen) atoms. The molecule has 3 rings (SSSR count). The molecular formula is C18H15F5O. The van der Waals surface area contributed by atoms with Gasteiger partial charge in [0.25, 0.3) is 0 Å². The minimum absolute atomic E-state index is 0.0752. The van der Waals surface area contributed by atoms with Crippen molar-refractivity contribution in [1.29, 1.82) is 0 Å². The smallest absolute Gasteiger partial charge is 0.194 e. The van der Waals surface area contributed by atoms with Crippen LogP contribution in [0.3, 0.4) is 0 Å². The Morgan fingerprint density at radius 3 is 2.12 bits per heavy atom. The lowest BCUT2D eigenvalue weighted by atomic mass is 9.94. The van der Waals surface area contributed by atoms with E-state index in [-0.39, 0.29) is 16.7 Å². The van der Waals surface area contributed by atoms with Gasteiger partial charge in [-0.3, -0.25) is 0 Å². The van der Waals surface area contributed by atoms with E-state index in [4.69, 9.17) is 4.74 Å². The summed E-state index contributed by atoms with van der Waals surface area (Å²) in [4.78, 5) is 0. The molecule has 2 aromatic carbocycles. The summed E-state index contributed by atoms with van der Waals surface area (Å²) in [5.74, 6) is -6.56. The van der Waals surface area contributed by atoms with Gasteiger partial charge in [-0.25, -0.2) is 22.0 Å². The molecule has 1 aliphatic heterocycles. The van der Waals surface area contributed by atoms with E-state index in [9.17, 15) is 22.0 Å². The fourth-order valence-electron chi connectivity index (χ4n) is 2.88. The fraction of sp³-hybridized carbons (Fsp3) is 0.333. The molecule has 2 aromatic rings. The van der Waals surface area contributed by atoms with Crippen molar-refractivity contribution in [2.75, 3.05) is 6.61 Å². The first kappa shape index (κ1) is 16.9. The summed E-state index contributed by atoms with van der Waals surface area (Å²) >= 11 is 0. The average Bonchev–Trinajstić information content (AvgIpc) is 2.56. The predicted octanol–water partition coefficient (Wildman–Crippen LogP) is 5.54.